The lowest BCUT2D eigenvalue weighted by molar-refractivity contribution is -0.113. The number of anilines is 2. The van der Waals surface area contributed by atoms with Gasteiger partial charge in [-0.2, -0.15) is 0 Å². The van der Waals surface area contributed by atoms with Crippen LogP contribution < -0.4 is 15.4 Å². The third kappa shape index (κ3) is 5.67. The third-order valence-electron chi connectivity index (χ3n) is 4.38. The number of hydrogen-bond acceptors (Lipinski definition) is 6. The van der Waals surface area contributed by atoms with Crippen molar-refractivity contribution in [2.75, 3.05) is 23.5 Å². The minimum absolute atomic E-state index is 0.175. The summed E-state index contributed by atoms with van der Waals surface area (Å²) in [4.78, 5) is 12.4. The van der Waals surface area contributed by atoms with E-state index in [2.05, 4.69) is 39.9 Å². The van der Waals surface area contributed by atoms with Crippen LogP contribution >= 0.6 is 23.4 Å². The van der Waals surface area contributed by atoms with Crippen LogP contribution in [0.2, 0.25) is 5.02 Å². The molecule has 9 heteroatoms. The Morgan fingerprint density at radius 3 is 2.67 bits per heavy atom. The number of hydrogen-bond donors (Lipinski definition) is 2. The zero-order chi connectivity index (χ0) is 21.5. The second-order valence-corrected chi connectivity index (χ2v) is 7.92. The van der Waals surface area contributed by atoms with Crippen molar-refractivity contribution in [3.63, 3.8) is 0 Å². The van der Waals surface area contributed by atoms with E-state index >= 15 is 0 Å². The first-order valence-corrected chi connectivity index (χ1v) is 10.8. The third-order valence-corrected chi connectivity index (χ3v) is 5.58. The molecule has 0 radical (unpaired) electrons. The predicted octanol–water partition coefficient (Wildman–Crippen LogP) is 4.61. The Morgan fingerprint density at radius 2 is 1.97 bits per heavy atom. The second kappa shape index (κ2) is 10.4. The molecule has 0 fully saturated rings. The van der Waals surface area contributed by atoms with Gasteiger partial charge in [0.1, 0.15) is 5.75 Å². The Morgan fingerprint density at radius 1 is 1.20 bits per heavy atom. The van der Waals surface area contributed by atoms with Crippen molar-refractivity contribution in [3.8, 4) is 5.75 Å². The first-order chi connectivity index (χ1) is 14.5. The van der Waals surface area contributed by atoms with Crippen LogP contribution in [0.1, 0.15) is 18.3 Å². The first kappa shape index (κ1) is 22.0. The van der Waals surface area contributed by atoms with E-state index in [1.54, 1.807) is 25.3 Å². The number of ether oxygens (including phenoxy) is 1. The molecule has 0 saturated carbocycles. The van der Waals surface area contributed by atoms with Crippen molar-refractivity contribution in [2.45, 2.75) is 32.1 Å². The highest BCUT2D eigenvalue weighted by Gasteiger charge is 2.14. The minimum atomic E-state index is -0.175. The fourth-order valence-electron chi connectivity index (χ4n) is 2.82. The number of rotatable bonds is 9. The van der Waals surface area contributed by atoms with Crippen LogP contribution in [0.5, 0.6) is 5.75 Å². The zero-order valence-corrected chi connectivity index (χ0v) is 18.7. The van der Waals surface area contributed by atoms with Gasteiger partial charge in [0.15, 0.2) is 11.0 Å². The van der Waals surface area contributed by atoms with Gasteiger partial charge in [0.2, 0.25) is 5.91 Å². The van der Waals surface area contributed by atoms with Gasteiger partial charge in [-0.1, -0.05) is 41.1 Å². The smallest absolute Gasteiger partial charge is 0.234 e. The van der Waals surface area contributed by atoms with Crippen molar-refractivity contribution in [1.29, 1.82) is 0 Å². The fourth-order valence-corrected chi connectivity index (χ4v) is 3.81. The molecule has 0 unspecified atom stereocenters. The second-order valence-electron chi connectivity index (χ2n) is 6.54. The minimum Gasteiger partial charge on any atom is -0.495 e. The van der Waals surface area contributed by atoms with Gasteiger partial charge < -0.3 is 19.9 Å². The molecule has 1 aromatic heterocycles. The maximum absolute atomic E-state index is 12.4. The lowest BCUT2D eigenvalue weighted by atomic mass is 10.2. The van der Waals surface area contributed by atoms with E-state index in [0.29, 0.717) is 34.7 Å². The number of benzene rings is 2. The van der Waals surface area contributed by atoms with E-state index in [0.717, 1.165) is 11.5 Å². The molecule has 0 saturated heterocycles. The molecule has 0 bridgehead atoms. The summed E-state index contributed by atoms with van der Waals surface area (Å²) < 4.78 is 7.26. The predicted molar refractivity (Wildman–Crippen MR) is 122 cm³/mol. The lowest BCUT2D eigenvalue weighted by Crippen LogP contribution is -2.15. The molecule has 7 nitrogen and oxygen atoms in total. The summed E-state index contributed by atoms with van der Waals surface area (Å²) in [5, 5.41) is 15.9. The summed E-state index contributed by atoms with van der Waals surface area (Å²) in [5.41, 5.74) is 2.77. The fraction of sp³-hybridized carbons (Fsp3) is 0.286. The molecule has 30 heavy (non-hydrogen) atoms. The Hall–Kier alpha value is -2.71. The number of thioether (sulfide) groups is 1. The SMILES string of the molecule is CCn1c(CNc2ccc(C)cc2)nnc1SCC(=O)Nc1cc(Cl)ccc1OC. The Bertz CT molecular complexity index is 1010. The average molecular weight is 446 g/mol. The summed E-state index contributed by atoms with van der Waals surface area (Å²) in [6.07, 6.45) is 0. The van der Waals surface area contributed by atoms with Gasteiger partial charge in [0.05, 0.1) is 25.1 Å². The molecule has 0 aliphatic heterocycles. The standard InChI is InChI=1S/C21H24ClN5O2S/c1-4-27-19(12-23-16-8-5-14(2)6-9-16)25-26-21(27)30-13-20(28)24-17-11-15(22)7-10-18(17)29-3/h5-11,23H,4,12-13H2,1-3H3,(H,24,28). The van der Waals surface area contributed by atoms with Crippen LogP contribution in [0, 0.1) is 6.92 Å². The molecule has 1 heterocycles. The molecule has 2 aromatic carbocycles. The van der Waals surface area contributed by atoms with E-state index < -0.39 is 0 Å². The molecule has 0 aliphatic carbocycles. The molecule has 2 N–H and O–H groups in total. The number of nitrogens with zero attached hydrogens (tertiary/aromatic N) is 3. The molecule has 1 amide bonds. The quantitative estimate of drug-likeness (QED) is 0.468. The molecule has 0 atom stereocenters. The van der Waals surface area contributed by atoms with E-state index in [1.807, 2.05) is 23.6 Å². The number of carbonyl (C=O) groups excluding carboxylic acids is 1. The van der Waals surface area contributed by atoms with Crippen LogP contribution in [0.15, 0.2) is 47.6 Å². The van der Waals surface area contributed by atoms with Gasteiger partial charge in [-0.25, -0.2) is 0 Å². The van der Waals surface area contributed by atoms with Crippen molar-refractivity contribution in [1.82, 2.24) is 14.8 Å². The summed E-state index contributed by atoms with van der Waals surface area (Å²) in [6, 6.07) is 13.3. The zero-order valence-electron chi connectivity index (χ0n) is 17.1. The Kier molecular flexibility index (Phi) is 7.59. The van der Waals surface area contributed by atoms with Gasteiger partial charge in [0, 0.05) is 17.3 Å². The number of amides is 1. The van der Waals surface area contributed by atoms with E-state index in [1.165, 1.54) is 17.3 Å². The maximum Gasteiger partial charge on any atom is 0.234 e. The van der Waals surface area contributed by atoms with E-state index in [9.17, 15) is 4.79 Å². The van der Waals surface area contributed by atoms with Gasteiger partial charge in [-0.05, 0) is 44.2 Å². The number of aromatic nitrogens is 3. The molecular formula is C21H24ClN5O2S. The van der Waals surface area contributed by atoms with Crippen LogP contribution in [0.3, 0.4) is 0 Å². The van der Waals surface area contributed by atoms with Crippen molar-refractivity contribution >= 4 is 40.6 Å². The largest absolute Gasteiger partial charge is 0.495 e. The average Bonchev–Trinajstić information content (AvgIpc) is 3.14. The normalized spacial score (nSPS) is 10.7. The number of nitrogens with one attached hydrogen (secondary N) is 2. The Balaban J connectivity index is 1.59. The molecule has 158 valence electrons. The highest BCUT2D eigenvalue weighted by Crippen LogP contribution is 2.28. The van der Waals surface area contributed by atoms with Gasteiger partial charge in [-0.3, -0.25) is 4.79 Å². The van der Waals surface area contributed by atoms with Crippen molar-refractivity contribution < 1.29 is 9.53 Å². The highest BCUT2D eigenvalue weighted by atomic mass is 35.5. The van der Waals surface area contributed by atoms with E-state index in [-0.39, 0.29) is 11.7 Å². The first-order valence-electron chi connectivity index (χ1n) is 9.49. The van der Waals surface area contributed by atoms with Crippen molar-refractivity contribution in [3.05, 3.63) is 58.9 Å². The van der Waals surface area contributed by atoms with E-state index in [4.69, 9.17) is 16.3 Å². The summed E-state index contributed by atoms with van der Waals surface area (Å²) >= 11 is 7.35. The molecule has 0 aliphatic rings. The number of carbonyl (C=O) groups is 1. The highest BCUT2D eigenvalue weighted by molar-refractivity contribution is 7.99. The van der Waals surface area contributed by atoms with Crippen LogP contribution in [-0.4, -0.2) is 33.5 Å². The maximum atomic E-state index is 12.4. The van der Waals surface area contributed by atoms with Crippen LogP contribution in [-0.2, 0) is 17.9 Å². The summed E-state index contributed by atoms with van der Waals surface area (Å²) in [7, 11) is 1.55. The molecule has 0 spiro atoms. The van der Waals surface area contributed by atoms with Gasteiger partial charge in [0.25, 0.3) is 0 Å². The lowest BCUT2D eigenvalue weighted by Gasteiger charge is -2.11. The number of methoxy groups -OCH3 is 1. The Labute approximate surface area is 185 Å². The topological polar surface area (TPSA) is 81.1 Å². The molecule has 3 aromatic rings. The summed E-state index contributed by atoms with van der Waals surface area (Å²) in [5.74, 6) is 1.39. The monoisotopic (exact) mass is 445 g/mol. The van der Waals surface area contributed by atoms with Gasteiger partial charge >= 0.3 is 0 Å². The van der Waals surface area contributed by atoms with Gasteiger partial charge in [-0.15, -0.1) is 10.2 Å². The van der Waals surface area contributed by atoms with Crippen molar-refractivity contribution in [2.24, 2.45) is 0 Å². The van der Waals surface area contributed by atoms with Crippen LogP contribution in [0.4, 0.5) is 11.4 Å². The molecular weight excluding hydrogens is 422 g/mol. The number of aryl methyl sites for hydroxylation is 1. The molecule has 3 rings (SSSR count). The van der Waals surface area contributed by atoms with Crippen LogP contribution in [0.25, 0.3) is 0 Å². The number of halogens is 1. The summed E-state index contributed by atoms with van der Waals surface area (Å²) in [6.45, 7) is 5.35.